The van der Waals surface area contributed by atoms with Crippen LogP contribution in [0.25, 0.3) is 20.8 Å². The minimum Gasteiger partial charge on any atom is -0.347 e. The number of thiazole rings is 2. The first-order chi connectivity index (χ1) is 12.2. The van der Waals surface area contributed by atoms with Gasteiger partial charge in [-0.05, 0) is 37.3 Å². The van der Waals surface area contributed by atoms with Crippen molar-refractivity contribution in [2.24, 2.45) is 0 Å². The highest BCUT2D eigenvalue weighted by Crippen LogP contribution is 2.27. The Bertz CT molecular complexity index is 1040. The molecule has 4 rings (SSSR count). The molecule has 0 aliphatic heterocycles. The van der Waals surface area contributed by atoms with Gasteiger partial charge in [0.2, 0.25) is 0 Å². The number of nitrogens with zero attached hydrogens (tertiary/aromatic N) is 3. The van der Waals surface area contributed by atoms with E-state index in [0.29, 0.717) is 12.1 Å². The van der Waals surface area contributed by atoms with E-state index in [1.807, 2.05) is 31.2 Å². The summed E-state index contributed by atoms with van der Waals surface area (Å²) in [5.41, 5.74) is 5.27. The van der Waals surface area contributed by atoms with Gasteiger partial charge in [0.1, 0.15) is 5.01 Å². The summed E-state index contributed by atoms with van der Waals surface area (Å²) < 4.78 is 1.01. The third-order valence-electron chi connectivity index (χ3n) is 3.80. The summed E-state index contributed by atoms with van der Waals surface area (Å²) in [5, 5.41) is 3.90. The maximum absolute atomic E-state index is 12.4. The second-order valence-electron chi connectivity index (χ2n) is 5.49. The van der Waals surface area contributed by atoms with Crippen LogP contribution in [0, 0.1) is 6.92 Å². The van der Waals surface area contributed by atoms with Crippen LogP contribution < -0.4 is 5.32 Å². The van der Waals surface area contributed by atoms with Crippen molar-refractivity contribution >= 4 is 38.8 Å². The second kappa shape index (κ2) is 6.70. The molecular weight excluding hydrogens is 352 g/mol. The van der Waals surface area contributed by atoms with Crippen LogP contribution in [0.1, 0.15) is 20.9 Å². The van der Waals surface area contributed by atoms with Gasteiger partial charge in [-0.3, -0.25) is 9.78 Å². The number of pyridine rings is 1. The van der Waals surface area contributed by atoms with Crippen molar-refractivity contribution in [3.63, 3.8) is 0 Å². The van der Waals surface area contributed by atoms with Gasteiger partial charge in [-0.25, -0.2) is 9.97 Å². The van der Waals surface area contributed by atoms with Crippen molar-refractivity contribution in [3.8, 4) is 10.6 Å². The molecule has 7 heteroatoms. The molecule has 124 valence electrons. The molecule has 0 bridgehead atoms. The molecule has 4 aromatic rings. The molecule has 0 aliphatic carbocycles. The molecule has 0 saturated carbocycles. The number of fused-ring (bicyclic) bond motifs is 1. The third kappa shape index (κ3) is 3.29. The van der Waals surface area contributed by atoms with Crippen LogP contribution in [-0.2, 0) is 6.54 Å². The van der Waals surface area contributed by atoms with E-state index in [2.05, 4.69) is 20.3 Å². The number of carbonyl (C=O) groups is 1. The first kappa shape index (κ1) is 15.9. The number of nitrogens with one attached hydrogen (secondary N) is 1. The highest BCUT2D eigenvalue weighted by molar-refractivity contribution is 7.16. The summed E-state index contributed by atoms with van der Waals surface area (Å²) >= 11 is 3.11. The van der Waals surface area contributed by atoms with Gasteiger partial charge in [0.15, 0.2) is 0 Å². The fourth-order valence-corrected chi connectivity index (χ4v) is 4.17. The molecule has 0 spiro atoms. The van der Waals surface area contributed by atoms with Gasteiger partial charge >= 0.3 is 0 Å². The molecule has 0 saturated heterocycles. The Labute approximate surface area is 152 Å². The van der Waals surface area contributed by atoms with Gasteiger partial charge in [-0.15, -0.1) is 22.7 Å². The Morgan fingerprint density at radius 1 is 1.28 bits per heavy atom. The number of amides is 1. The zero-order valence-corrected chi connectivity index (χ0v) is 15.0. The van der Waals surface area contributed by atoms with E-state index >= 15 is 0 Å². The minimum absolute atomic E-state index is 0.0916. The van der Waals surface area contributed by atoms with Crippen molar-refractivity contribution in [2.75, 3.05) is 0 Å². The lowest BCUT2D eigenvalue weighted by molar-refractivity contribution is 0.0951. The van der Waals surface area contributed by atoms with E-state index in [-0.39, 0.29) is 5.91 Å². The van der Waals surface area contributed by atoms with E-state index in [1.54, 1.807) is 35.3 Å². The number of rotatable bonds is 4. The highest BCUT2D eigenvalue weighted by Gasteiger charge is 2.12. The van der Waals surface area contributed by atoms with E-state index < -0.39 is 0 Å². The number of aryl methyl sites for hydroxylation is 1. The highest BCUT2D eigenvalue weighted by atomic mass is 32.1. The van der Waals surface area contributed by atoms with Crippen LogP contribution >= 0.6 is 22.7 Å². The quantitative estimate of drug-likeness (QED) is 0.591. The fourth-order valence-electron chi connectivity index (χ4n) is 2.46. The van der Waals surface area contributed by atoms with Crippen LogP contribution in [0.15, 0.2) is 48.2 Å². The van der Waals surface area contributed by atoms with Gasteiger partial charge in [-0.1, -0.05) is 0 Å². The lowest BCUT2D eigenvalue weighted by Crippen LogP contribution is -2.22. The predicted octanol–water partition coefficient (Wildman–Crippen LogP) is 4.05. The van der Waals surface area contributed by atoms with Crippen molar-refractivity contribution in [1.29, 1.82) is 0 Å². The van der Waals surface area contributed by atoms with Gasteiger partial charge in [-0.2, -0.15) is 0 Å². The molecule has 25 heavy (non-hydrogen) atoms. The normalized spacial score (nSPS) is 10.9. The topological polar surface area (TPSA) is 67.8 Å². The largest absolute Gasteiger partial charge is 0.347 e. The molecule has 3 aromatic heterocycles. The lowest BCUT2D eigenvalue weighted by atomic mass is 10.2. The number of aromatic nitrogens is 3. The van der Waals surface area contributed by atoms with Crippen LogP contribution in [-0.4, -0.2) is 20.9 Å². The number of hydrogen-bond donors (Lipinski definition) is 1. The predicted molar refractivity (Wildman–Crippen MR) is 101 cm³/mol. The summed E-state index contributed by atoms with van der Waals surface area (Å²) in [6.07, 6.45) is 3.54. The van der Waals surface area contributed by atoms with E-state index in [0.717, 1.165) is 31.4 Å². The molecule has 0 aliphatic rings. The van der Waals surface area contributed by atoms with Crippen LogP contribution in [0.2, 0.25) is 0 Å². The van der Waals surface area contributed by atoms with Crippen molar-refractivity contribution in [3.05, 3.63) is 64.4 Å². The molecule has 0 fully saturated rings. The zero-order valence-electron chi connectivity index (χ0n) is 13.4. The monoisotopic (exact) mass is 366 g/mol. The van der Waals surface area contributed by atoms with Crippen molar-refractivity contribution in [2.45, 2.75) is 13.5 Å². The van der Waals surface area contributed by atoms with Gasteiger partial charge in [0.25, 0.3) is 5.91 Å². The summed E-state index contributed by atoms with van der Waals surface area (Å²) in [7, 11) is 0. The smallest absolute Gasteiger partial charge is 0.251 e. The van der Waals surface area contributed by atoms with Gasteiger partial charge < -0.3 is 5.32 Å². The molecule has 1 aromatic carbocycles. The average molecular weight is 366 g/mol. The zero-order chi connectivity index (χ0) is 17.2. The molecule has 0 unspecified atom stereocenters. The Balaban J connectivity index is 1.49. The molecule has 0 atom stereocenters. The Morgan fingerprint density at radius 3 is 3.04 bits per heavy atom. The minimum atomic E-state index is -0.0916. The molecule has 1 amide bonds. The molecule has 5 nitrogen and oxygen atoms in total. The number of carbonyl (C=O) groups excluding carboxylic acids is 1. The summed E-state index contributed by atoms with van der Waals surface area (Å²) in [6, 6.07) is 9.43. The molecule has 3 heterocycles. The van der Waals surface area contributed by atoms with Crippen LogP contribution in [0.5, 0.6) is 0 Å². The Kier molecular flexibility index (Phi) is 4.25. The van der Waals surface area contributed by atoms with Crippen LogP contribution in [0.4, 0.5) is 0 Å². The molecule has 1 N–H and O–H groups in total. The first-order valence-corrected chi connectivity index (χ1v) is 9.38. The van der Waals surface area contributed by atoms with E-state index in [4.69, 9.17) is 0 Å². The average Bonchev–Trinajstić information content (AvgIpc) is 3.26. The van der Waals surface area contributed by atoms with Gasteiger partial charge in [0.05, 0.1) is 28.0 Å². The summed E-state index contributed by atoms with van der Waals surface area (Å²) in [6.45, 7) is 2.42. The van der Waals surface area contributed by atoms with E-state index in [1.165, 1.54) is 11.3 Å². The Hall–Kier alpha value is -2.64. The lowest BCUT2D eigenvalue weighted by Gasteiger charge is -2.04. The first-order valence-electron chi connectivity index (χ1n) is 7.69. The number of hydrogen-bond acceptors (Lipinski definition) is 6. The maximum atomic E-state index is 12.4. The summed E-state index contributed by atoms with van der Waals surface area (Å²) in [5.74, 6) is -0.0916. The van der Waals surface area contributed by atoms with Crippen molar-refractivity contribution in [1.82, 2.24) is 20.3 Å². The molecule has 0 radical (unpaired) electrons. The number of benzene rings is 1. The Morgan fingerprint density at radius 2 is 2.20 bits per heavy atom. The van der Waals surface area contributed by atoms with E-state index in [9.17, 15) is 4.79 Å². The van der Waals surface area contributed by atoms with Crippen molar-refractivity contribution < 1.29 is 4.79 Å². The summed E-state index contributed by atoms with van der Waals surface area (Å²) in [4.78, 5) is 26.4. The van der Waals surface area contributed by atoms with Crippen LogP contribution in [0.3, 0.4) is 0 Å². The standard InChI is InChI=1S/C18H14N4OS2/c1-11-16(25-18(22-11)13-3-2-6-19-8-13)9-20-17(23)12-4-5-14-15(7-12)24-10-21-14/h2-8,10H,9H2,1H3,(H,20,23). The SMILES string of the molecule is Cc1nc(-c2cccnc2)sc1CNC(=O)c1ccc2ncsc2c1. The third-order valence-corrected chi connectivity index (χ3v) is 5.80. The van der Waals surface area contributed by atoms with Gasteiger partial charge in [0, 0.05) is 28.4 Å². The maximum Gasteiger partial charge on any atom is 0.251 e. The fraction of sp³-hybridized carbons (Fsp3) is 0.111. The second-order valence-corrected chi connectivity index (χ2v) is 7.46. The molecular formula is C18H14N4OS2.